The van der Waals surface area contributed by atoms with Crippen molar-refractivity contribution in [1.82, 2.24) is 0 Å². The molecule has 0 aromatic heterocycles. The van der Waals surface area contributed by atoms with Crippen LogP contribution in [0.4, 0.5) is 22.0 Å². The van der Waals surface area contributed by atoms with Crippen LogP contribution in [0.25, 0.3) is 11.1 Å². The molecule has 31 heavy (non-hydrogen) atoms. The van der Waals surface area contributed by atoms with Crippen LogP contribution in [0.1, 0.15) is 69.8 Å². The van der Waals surface area contributed by atoms with E-state index in [9.17, 15) is 22.0 Å². The lowest BCUT2D eigenvalue weighted by Crippen LogP contribution is -2.13. The fourth-order valence-electron chi connectivity index (χ4n) is 4.42. The van der Waals surface area contributed by atoms with Crippen molar-refractivity contribution < 1.29 is 26.7 Å². The third-order valence-electron chi connectivity index (χ3n) is 6.10. The Morgan fingerprint density at radius 1 is 0.935 bits per heavy atom. The Morgan fingerprint density at radius 3 is 2.19 bits per heavy atom. The third kappa shape index (κ3) is 6.08. The first kappa shape index (κ1) is 23.3. The molecule has 1 saturated carbocycles. The van der Waals surface area contributed by atoms with Gasteiger partial charge in [0.25, 0.3) is 0 Å². The smallest absolute Gasteiger partial charge is 0.305 e. The van der Waals surface area contributed by atoms with Gasteiger partial charge in [-0.2, -0.15) is 8.78 Å². The van der Waals surface area contributed by atoms with E-state index >= 15 is 0 Å². The molecule has 2 aromatic carbocycles. The van der Waals surface area contributed by atoms with E-state index in [1.165, 1.54) is 37.8 Å². The summed E-state index contributed by atoms with van der Waals surface area (Å²) in [5.74, 6) is -2.85. The predicted molar refractivity (Wildman–Crippen MR) is 112 cm³/mol. The molecule has 0 atom stereocenters. The van der Waals surface area contributed by atoms with Crippen LogP contribution in [0.5, 0.6) is 5.75 Å². The van der Waals surface area contributed by atoms with E-state index in [0.29, 0.717) is 0 Å². The Hall–Kier alpha value is -2.37. The van der Waals surface area contributed by atoms with Crippen molar-refractivity contribution in [3.63, 3.8) is 0 Å². The molecule has 0 N–H and O–H groups in total. The van der Waals surface area contributed by atoms with Gasteiger partial charge < -0.3 is 4.74 Å². The largest absolute Gasteiger partial charge is 0.453 e. The average molecular weight is 438 g/mol. The summed E-state index contributed by atoms with van der Waals surface area (Å²) in [5, 5.41) is 0. The van der Waals surface area contributed by atoms with Gasteiger partial charge in [0.15, 0.2) is 23.6 Å². The minimum absolute atomic E-state index is 0.0178. The predicted octanol–water partition coefficient (Wildman–Crippen LogP) is 8.74. The highest BCUT2D eigenvalue weighted by Gasteiger charge is 2.23. The monoisotopic (exact) mass is 438 g/mol. The molecule has 168 valence electrons. The summed E-state index contributed by atoms with van der Waals surface area (Å²) in [6.45, 7) is 2.20. The van der Waals surface area contributed by atoms with E-state index < -0.39 is 29.3 Å². The molecule has 1 aliphatic carbocycles. The lowest BCUT2D eigenvalue weighted by Gasteiger charge is -2.29. The molecular formula is C25H27F5O. The van der Waals surface area contributed by atoms with Gasteiger partial charge in [0, 0.05) is 5.56 Å². The van der Waals surface area contributed by atoms with Crippen LogP contribution in [-0.4, -0.2) is 0 Å². The van der Waals surface area contributed by atoms with Crippen molar-refractivity contribution >= 4 is 0 Å². The van der Waals surface area contributed by atoms with Gasteiger partial charge in [-0.3, -0.25) is 0 Å². The normalized spacial score (nSPS) is 18.6. The Kier molecular flexibility index (Phi) is 8.10. The molecular weight excluding hydrogens is 411 g/mol. The maximum absolute atomic E-state index is 14.8. The van der Waals surface area contributed by atoms with E-state index in [4.69, 9.17) is 0 Å². The van der Waals surface area contributed by atoms with Gasteiger partial charge in [-0.1, -0.05) is 44.7 Å². The Morgan fingerprint density at radius 2 is 1.61 bits per heavy atom. The van der Waals surface area contributed by atoms with Crippen LogP contribution in [0, 0.1) is 23.4 Å². The van der Waals surface area contributed by atoms with E-state index in [1.807, 2.05) is 6.07 Å². The van der Waals surface area contributed by atoms with E-state index in [2.05, 4.69) is 11.7 Å². The molecule has 0 heterocycles. The number of halogens is 5. The van der Waals surface area contributed by atoms with Crippen LogP contribution in [0.2, 0.25) is 0 Å². The summed E-state index contributed by atoms with van der Waals surface area (Å²) in [6.07, 6.45) is 7.07. The maximum Gasteiger partial charge on any atom is 0.305 e. The zero-order valence-corrected chi connectivity index (χ0v) is 17.6. The molecule has 0 aliphatic heterocycles. The van der Waals surface area contributed by atoms with Gasteiger partial charge in [-0.15, -0.1) is 0 Å². The number of ether oxygens (including phenoxy) is 1. The number of benzene rings is 2. The number of rotatable bonds is 8. The van der Waals surface area contributed by atoms with Crippen molar-refractivity contribution in [2.24, 2.45) is 5.92 Å². The molecule has 0 bridgehead atoms. The molecule has 2 aromatic rings. The second-order valence-electron chi connectivity index (χ2n) is 8.25. The summed E-state index contributed by atoms with van der Waals surface area (Å²) in [5.41, 5.74) is 0.932. The van der Waals surface area contributed by atoms with Gasteiger partial charge in [0.2, 0.25) is 0 Å². The number of unbranched alkanes of at least 4 members (excludes halogenated alkanes) is 2. The molecule has 3 rings (SSSR count). The van der Waals surface area contributed by atoms with Crippen LogP contribution in [-0.2, 0) is 0 Å². The van der Waals surface area contributed by atoms with Crippen molar-refractivity contribution in [1.29, 1.82) is 0 Å². The Labute approximate surface area is 179 Å². The molecule has 0 unspecified atom stereocenters. The lowest BCUT2D eigenvalue weighted by molar-refractivity contribution is 0.302. The lowest BCUT2D eigenvalue weighted by atomic mass is 9.77. The minimum atomic E-state index is -2.22. The van der Waals surface area contributed by atoms with E-state index in [-0.39, 0.29) is 23.3 Å². The Bertz CT molecular complexity index is 889. The SMILES string of the molecule is CCCCCC1CCC(c2ccc(-c3cc(F)c(OC=C(F)F)c(F)c3)c(F)c2)CC1. The van der Waals surface area contributed by atoms with Crippen LogP contribution >= 0.6 is 0 Å². The van der Waals surface area contributed by atoms with E-state index in [0.717, 1.165) is 49.3 Å². The zero-order valence-electron chi connectivity index (χ0n) is 17.6. The molecule has 6 heteroatoms. The quantitative estimate of drug-likeness (QED) is 0.227. The average Bonchev–Trinajstić information content (AvgIpc) is 2.73. The van der Waals surface area contributed by atoms with Crippen molar-refractivity contribution in [2.45, 2.75) is 64.2 Å². The molecule has 1 fully saturated rings. The van der Waals surface area contributed by atoms with Crippen molar-refractivity contribution in [3.8, 4) is 16.9 Å². The second kappa shape index (κ2) is 10.8. The van der Waals surface area contributed by atoms with Crippen LogP contribution < -0.4 is 4.74 Å². The first-order valence-corrected chi connectivity index (χ1v) is 10.9. The topological polar surface area (TPSA) is 9.23 Å². The van der Waals surface area contributed by atoms with Gasteiger partial charge >= 0.3 is 6.08 Å². The number of hydrogen-bond donors (Lipinski definition) is 0. The van der Waals surface area contributed by atoms with Gasteiger partial charge in [0.1, 0.15) is 5.82 Å². The molecule has 0 amide bonds. The third-order valence-corrected chi connectivity index (χ3v) is 6.10. The summed E-state index contributed by atoms with van der Waals surface area (Å²) < 4.78 is 71.6. The molecule has 0 radical (unpaired) electrons. The Balaban J connectivity index is 1.71. The fraction of sp³-hybridized carbons (Fsp3) is 0.440. The van der Waals surface area contributed by atoms with Crippen molar-refractivity contribution in [2.75, 3.05) is 0 Å². The van der Waals surface area contributed by atoms with Gasteiger partial charge in [-0.05, 0) is 66.8 Å². The first-order valence-electron chi connectivity index (χ1n) is 10.9. The summed E-state index contributed by atoms with van der Waals surface area (Å²) >= 11 is 0. The zero-order chi connectivity index (χ0) is 22.4. The summed E-state index contributed by atoms with van der Waals surface area (Å²) in [7, 11) is 0. The highest BCUT2D eigenvalue weighted by molar-refractivity contribution is 5.66. The number of hydrogen-bond acceptors (Lipinski definition) is 1. The molecule has 1 nitrogen and oxygen atoms in total. The highest BCUT2D eigenvalue weighted by Crippen LogP contribution is 2.39. The van der Waals surface area contributed by atoms with Crippen LogP contribution in [0.3, 0.4) is 0 Å². The van der Waals surface area contributed by atoms with E-state index in [1.54, 1.807) is 0 Å². The molecule has 0 saturated heterocycles. The first-order chi connectivity index (χ1) is 14.9. The van der Waals surface area contributed by atoms with Crippen molar-refractivity contribution in [3.05, 3.63) is 65.7 Å². The fourth-order valence-corrected chi connectivity index (χ4v) is 4.42. The maximum atomic E-state index is 14.8. The highest BCUT2D eigenvalue weighted by atomic mass is 19.3. The molecule has 0 spiro atoms. The molecule has 1 aliphatic rings. The summed E-state index contributed by atoms with van der Waals surface area (Å²) in [6, 6.07) is 6.53. The summed E-state index contributed by atoms with van der Waals surface area (Å²) in [4.78, 5) is 0. The standard InChI is InChI=1S/C25H27F5O/c1-2-3-4-5-16-6-8-17(9-7-16)18-10-11-20(21(26)12-18)19-13-22(27)25(23(28)14-19)31-15-24(29)30/h10-17H,2-9H2,1H3. The van der Waals surface area contributed by atoms with Gasteiger partial charge in [-0.25, -0.2) is 13.2 Å². The van der Waals surface area contributed by atoms with Gasteiger partial charge in [0.05, 0.1) is 0 Å². The minimum Gasteiger partial charge on any atom is -0.453 e. The van der Waals surface area contributed by atoms with Crippen LogP contribution in [0.15, 0.2) is 42.7 Å². The second-order valence-corrected chi connectivity index (χ2v) is 8.25.